The molecule has 1 saturated carbocycles. The van der Waals surface area contributed by atoms with Crippen molar-refractivity contribution in [1.82, 2.24) is 20.4 Å². The van der Waals surface area contributed by atoms with Crippen molar-refractivity contribution < 1.29 is 4.79 Å². The largest absolute Gasteiger partial charge is 0.286 e. The Kier molecular flexibility index (Phi) is 5.15. The average molecular weight is 280 g/mol. The summed E-state index contributed by atoms with van der Waals surface area (Å²) in [6.45, 7) is 0. The highest BCUT2D eigenvalue weighted by Crippen LogP contribution is 2.17. The fraction of sp³-hybridized carbons (Fsp3) is 0.615. The quantitative estimate of drug-likeness (QED) is 0.520. The lowest BCUT2D eigenvalue weighted by atomic mass is 9.96. The van der Waals surface area contributed by atoms with Gasteiger partial charge < -0.3 is 0 Å². The van der Waals surface area contributed by atoms with Crippen molar-refractivity contribution in [2.45, 2.75) is 43.3 Å². The Balaban J connectivity index is 1.97. The molecule has 0 unspecified atom stereocenters. The molecule has 1 aromatic rings. The van der Waals surface area contributed by atoms with Gasteiger partial charge in [-0.25, -0.2) is 15.4 Å². The molecule has 1 heterocycles. The molecule has 1 N–H and O–H groups in total. The molecule has 0 spiro atoms. The van der Waals surface area contributed by atoms with Crippen LogP contribution in [0, 0.1) is 0 Å². The van der Waals surface area contributed by atoms with Gasteiger partial charge in [-0.2, -0.15) is 0 Å². The van der Waals surface area contributed by atoms with Crippen molar-refractivity contribution in [2.75, 3.05) is 13.3 Å². The summed E-state index contributed by atoms with van der Waals surface area (Å²) in [5, 5.41) is 2.18. The Bertz CT molecular complexity index is 434. The highest BCUT2D eigenvalue weighted by molar-refractivity contribution is 7.98. The van der Waals surface area contributed by atoms with Crippen LogP contribution in [-0.4, -0.2) is 40.2 Å². The molecular weight excluding hydrogens is 260 g/mol. The third-order valence-electron chi connectivity index (χ3n) is 3.32. The number of hydrogen-bond acceptors (Lipinski definition) is 5. The second-order valence-electron chi connectivity index (χ2n) is 4.76. The van der Waals surface area contributed by atoms with Crippen molar-refractivity contribution >= 4 is 17.7 Å². The Labute approximate surface area is 118 Å². The van der Waals surface area contributed by atoms with Gasteiger partial charge in [0, 0.05) is 19.3 Å². The maximum absolute atomic E-state index is 12.3. The lowest BCUT2D eigenvalue weighted by Crippen LogP contribution is -2.46. The summed E-state index contributed by atoms with van der Waals surface area (Å²) in [6.07, 6.45) is 9.58. The monoisotopic (exact) mass is 280 g/mol. The molecule has 0 radical (unpaired) electrons. The van der Waals surface area contributed by atoms with Crippen molar-refractivity contribution in [1.29, 1.82) is 0 Å². The topological polar surface area (TPSA) is 58.1 Å². The summed E-state index contributed by atoms with van der Waals surface area (Å²) < 4.78 is 0. The Hall–Kier alpha value is -1.14. The number of thioether (sulfide) groups is 1. The molecule has 1 amide bonds. The molecule has 1 aromatic heterocycles. The van der Waals surface area contributed by atoms with Crippen molar-refractivity contribution in [3.8, 4) is 0 Å². The number of aromatic nitrogens is 2. The van der Waals surface area contributed by atoms with Gasteiger partial charge in [-0.05, 0) is 25.2 Å². The Morgan fingerprint density at radius 3 is 2.84 bits per heavy atom. The van der Waals surface area contributed by atoms with Gasteiger partial charge in [-0.1, -0.05) is 31.0 Å². The summed E-state index contributed by atoms with van der Waals surface area (Å²) >= 11 is 1.43. The molecule has 0 bridgehead atoms. The van der Waals surface area contributed by atoms with E-state index in [0.717, 1.165) is 12.8 Å². The fourth-order valence-electron chi connectivity index (χ4n) is 2.29. The van der Waals surface area contributed by atoms with Crippen molar-refractivity contribution in [3.05, 3.63) is 18.0 Å². The van der Waals surface area contributed by atoms with E-state index in [-0.39, 0.29) is 5.91 Å². The summed E-state index contributed by atoms with van der Waals surface area (Å²) in [7, 11) is 1.76. The minimum absolute atomic E-state index is 0.108. The zero-order chi connectivity index (χ0) is 13.7. The van der Waals surface area contributed by atoms with Gasteiger partial charge in [-0.15, -0.1) is 0 Å². The first-order chi connectivity index (χ1) is 9.20. The second kappa shape index (κ2) is 6.86. The first kappa shape index (κ1) is 14.3. The molecule has 0 aliphatic heterocycles. The lowest BCUT2D eigenvalue weighted by molar-refractivity contribution is 0.0657. The molecule has 1 aliphatic carbocycles. The fourth-order valence-corrected chi connectivity index (χ4v) is 2.65. The third-order valence-corrected chi connectivity index (χ3v) is 3.88. The molecular formula is C13H20N4OS. The number of carbonyl (C=O) groups excluding carboxylic acids is 1. The molecule has 0 atom stereocenters. The number of nitrogens with zero attached hydrogens (tertiary/aromatic N) is 3. The van der Waals surface area contributed by atoms with Crippen LogP contribution < -0.4 is 5.43 Å². The minimum atomic E-state index is -0.108. The summed E-state index contributed by atoms with van der Waals surface area (Å²) in [6, 6.07) is 2.06. The van der Waals surface area contributed by atoms with E-state index in [1.807, 2.05) is 6.26 Å². The molecule has 2 rings (SSSR count). The Morgan fingerprint density at radius 1 is 1.42 bits per heavy atom. The first-order valence-corrected chi connectivity index (χ1v) is 7.84. The van der Waals surface area contributed by atoms with Crippen LogP contribution in [-0.2, 0) is 0 Å². The molecule has 19 heavy (non-hydrogen) atoms. The van der Waals surface area contributed by atoms with Crippen LogP contribution in [0.5, 0.6) is 0 Å². The smallest absolute Gasteiger partial charge is 0.275 e. The number of carbonyl (C=O) groups is 1. The number of hydrogen-bond donors (Lipinski definition) is 1. The van der Waals surface area contributed by atoms with Gasteiger partial charge in [0.2, 0.25) is 0 Å². The molecule has 0 saturated heterocycles. The zero-order valence-corrected chi connectivity index (χ0v) is 12.2. The van der Waals surface area contributed by atoms with E-state index in [1.54, 1.807) is 24.3 Å². The van der Waals surface area contributed by atoms with E-state index in [4.69, 9.17) is 0 Å². The molecule has 5 nitrogen and oxygen atoms in total. The first-order valence-electron chi connectivity index (χ1n) is 6.62. The summed E-state index contributed by atoms with van der Waals surface area (Å²) in [5.41, 5.74) is 3.71. The highest BCUT2D eigenvalue weighted by atomic mass is 32.2. The maximum Gasteiger partial charge on any atom is 0.286 e. The maximum atomic E-state index is 12.3. The summed E-state index contributed by atoms with van der Waals surface area (Å²) in [4.78, 5) is 20.6. The van der Waals surface area contributed by atoms with E-state index < -0.39 is 0 Å². The normalized spacial score (nSPS) is 16.3. The molecule has 1 aliphatic rings. The van der Waals surface area contributed by atoms with Crippen LogP contribution >= 0.6 is 11.8 Å². The van der Waals surface area contributed by atoms with Crippen LogP contribution in [0.4, 0.5) is 0 Å². The van der Waals surface area contributed by atoms with Gasteiger partial charge in [0.25, 0.3) is 5.91 Å². The standard InChI is InChI=1S/C13H20N4OS/c1-17(16-10-6-4-3-5-7-10)12(18)11-8-9-14-13(15-11)19-2/h8-10,16H,3-7H2,1-2H3. The molecule has 0 aromatic carbocycles. The van der Waals surface area contributed by atoms with Crippen LogP contribution in [0.15, 0.2) is 17.4 Å². The van der Waals surface area contributed by atoms with E-state index in [0.29, 0.717) is 16.9 Å². The second-order valence-corrected chi connectivity index (χ2v) is 5.53. The van der Waals surface area contributed by atoms with E-state index in [2.05, 4.69) is 15.4 Å². The van der Waals surface area contributed by atoms with E-state index in [9.17, 15) is 4.79 Å². The molecule has 6 heteroatoms. The van der Waals surface area contributed by atoms with E-state index in [1.165, 1.54) is 31.0 Å². The summed E-state index contributed by atoms with van der Waals surface area (Å²) in [5.74, 6) is -0.108. The number of nitrogens with one attached hydrogen (secondary N) is 1. The van der Waals surface area contributed by atoms with Crippen LogP contribution in [0.1, 0.15) is 42.6 Å². The van der Waals surface area contributed by atoms with Gasteiger partial charge in [0.15, 0.2) is 5.16 Å². The third kappa shape index (κ3) is 3.91. The number of hydrazine groups is 1. The predicted octanol–water partition coefficient (Wildman–Crippen LogP) is 2.11. The zero-order valence-electron chi connectivity index (χ0n) is 11.4. The number of rotatable bonds is 4. The highest BCUT2D eigenvalue weighted by Gasteiger charge is 2.19. The number of amides is 1. The van der Waals surface area contributed by atoms with E-state index >= 15 is 0 Å². The van der Waals surface area contributed by atoms with Crippen LogP contribution in [0.25, 0.3) is 0 Å². The Morgan fingerprint density at radius 2 is 2.16 bits per heavy atom. The predicted molar refractivity (Wildman–Crippen MR) is 75.9 cm³/mol. The molecule has 1 fully saturated rings. The van der Waals surface area contributed by atoms with Crippen LogP contribution in [0.2, 0.25) is 0 Å². The van der Waals surface area contributed by atoms with Gasteiger partial charge in [0.05, 0.1) is 0 Å². The van der Waals surface area contributed by atoms with Gasteiger partial charge >= 0.3 is 0 Å². The van der Waals surface area contributed by atoms with Crippen molar-refractivity contribution in [3.63, 3.8) is 0 Å². The van der Waals surface area contributed by atoms with Gasteiger partial charge in [0.1, 0.15) is 5.69 Å². The lowest BCUT2D eigenvalue weighted by Gasteiger charge is -2.28. The van der Waals surface area contributed by atoms with Crippen LogP contribution in [0.3, 0.4) is 0 Å². The molecule has 104 valence electrons. The van der Waals surface area contributed by atoms with Gasteiger partial charge in [-0.3, -0.25) is 9.80 Å². The SMILES string of the molecule is CSc1nccc(C(=O)N(C)NC2CCCCC2)n1. The van der Waals surface area contributed by atoms with Crippen molar-refractivity contribution in [2.24, 2.45) is 0 Å². The minimum Gasteiger partial charge on any atom is -0.275 e. The average Bonchev–Trinajstić information content (AvgIpc) is 2.47.